The zero-order valence-corrected chi connectivity index (χ0v) is 17.6. The highest BCUT2D eigenvalue weighted by Crippen LogP contribution is 2.63. The Morgan fingerprint density at radius 2 is 1.80 bits per heavy atom. The summed E-state index contributed by atoms with van der Waals surface area (Å²) in [5.74, 6) is 1.61. The predicted molar refractivity (Wildman–Crippen MR) is 102 cm³/mol. The summed E-state index contributed by atoms with van der Waals surface area (Å²) in [5.41, 5.74) is 0.733. The first-order valence-corrected chi connectivity index (χ1v) is 10.2. The van der Waals surface area contributed by atoms with Crippen LogP contribution in [0.4, 0.5) is 0 Å². The molecule has 2 aliphatic rings. The van der Waals surface area contributed by atoms with Crippen LogP contribution in [0, 0.1) is 28.6 Å². The lowest BCUT2D eigenvalue weighted by molar-refractivity contribution is -0.183. The van der Waals surface area contributed by atoms with E-state index in [4.69, 9.17) is 9.47 Å². The maximum Gasteiger partial charge on any atom is 0.305 e. The first-order valence-electron chi connectivity index (χ1n) is 10.2. The number of methoxy groups -OCH3 is 2. The lowest BCUT2D eigenvalue weighted by Crippen LogP contribution is -2.58. The van der Waals surface area contributed by atoms with Gasteiger partial charge in [-0.3, -0.25) is 4.79 Å². The van der Waals surface area contributed by atoms with E-state index in [2.05, 4.69) is 34.6 Å². The zero-order chi connectivity index (χ0) is 18.9. The second-order valence-corrected chi connectivity index (χ2v) is 9.97. The molecule has 2 fully saturated rings. The van der Waals surface area contributed by atoms with E-state index in [9.17, 15) is 4.79 Å². The number of hydrogen-bond acceptors (Lipinski definition) is 3. The maximum atomic E-state index is 11.6. The second-order valence-electron chi connectivity index (χ2n) is 9.97. The molecule has 2 saturated carbocycles. The van der Waals surface area contributed by atoms with Crippen molar-refractivity contribution in [1.29, 1.82) is 0 Å². The smallest absolute Gasteiger partial charge is 0.305 e. The molecule has 5 atom stereocenters. The molecular formula is C22H40O3. The minimum Gasteiger partial charge on any atom is -0.469 e. The van der Waals surface area contributed by atoms with Gasteiger partial charge in [0.2, 0.25) is 0 Å². The summed E-state index contributed by atoms with van der Waals surface area (Å²) >= 11 is 0. The molecule has 146 valence electrons. The van der Waals surface area contributed by atoms with Crippen molar-refractivity contribution in [3.05, 3.63) is 0 Å². The average molecular weight is 353 g/mol. The van der Waals surface area contributed by atoms with E-state index in [-0.39, 0.29) is 11.6 Å². The van der Waals surface area contributed by atoms with E-state index in [1.807, 2.05) is 7.11 Å². The molecule has 2 rings (SSSR count). The maximum absolute atomic E-state index is 11.6. The van der Waals surface area contributed by atoms with E-state index in [1.165, 1.54) is 32.8 Å². The number of carbonyl (C=O) groups excluding carboxylic acids is 1. The van der Waals surface area contributed by atoms with Crippen LogP contribution in [0.3, 0.4) is 0 Å². The van der Waals surface area contributed by atoms with Gasteiger partial charge in [-0.1, -0.05) is 34.1 Å². The molecule has 3 nitrogen and oxygen atoms in total. The number of ether oxygens (including phenoxy) is 2. The third kappa shape index (κ3) is 4.07. The molecule has 0 aliphatic heterocycles. The van der Waals surface area contributed by atoms with Crippen LogP contribution >= 0.6 is 0 Å². The lowest BCUT2D eigenvalue weighted by atomic mass is 9.45. The largest absolute Gasteiger partial charge is 0.469 e. The van der Waals surface area contributed by atoms with Gasteiger partial charge < -0.3 is 9.47 Å². The van der Waals surface area contributed by atoms with Crippen molar-refractivity contribution in [2.75, 3.05) is 14.2 Å². The fourth-order valence-electron chi connectivity index (χ4n) is 6.41. The molecular weight excluding hydrogens is 312 g/mol. The topological polar surface area (TPSA) is 35.5 Å². The minimum absolute atomic E-state index is 0.0380. The number of fused-ring (bicyclic) bond motifs is 1. The van der Waals surface area contributed by atoms with E-state index < -0.39 is 0 Å². The highest BCUT2D eigenvalue weighted by molar-refractivity contribution is 5.69. The number of carbonyl (C=O) groups is 1. The summed E-state index contributed by atoms with van der Waals surface area (Å²) in [4.78, 5) is 11.6. The number of hydrogen-bond donors (Lipinski definition) is 0. The van der Waals surface area contributed by atoms with Gasteiger partial charge in [-0.15, -0.1) is 0 Å². The standard InChI is InChI=1S/C22H40O3/c1-16(15-19(23)24-6)9-10-18-21(4)13-8-12-20(2,3)17(21)11-14-22(18,5)25-7/h16-18H,8-15H2,1-7H3/t16-,17-,18+,21-,22+/m0/s1. The first kappa shape index (κ1) is 20.7. The molecule has 25 heavy (non-hydrogen) atoms. The molecule has 0 radical (unpaired) electrons. The monoisotopic (exact) mass is 352 g/mol. The Labute approximate surface area is 155 Å². The van der Waals surface area contributed by atoms with Crippen molar-refractivity contribution < 1.29 is 14.3 Å². The molecule has 0 saturated heterocycles. The van der Waals surface area contributed by atoms with Crippen LogP contribution < -0.4 is 0 Å². The van der Waals surface area contributed by atoms with Gasteiger partial charge in [0.05, 0.1) is 12.7 Å². The SMILES string of the molecule is COC(=O)C[C@@H](C)CC[C@@H]1[C@@]2(C)CCCC(C)(C)[C@@H]2CC[C@@]1(C)OC. The van der Waals surface area contributed by atoms with Gasteiger partial charge in [0.15, 0.2) is 0 Å². The Kier molecular flexibility index (Phi) is 6.29. The molecule has 0 N–H and O–H groups in total. The molecule has 0 amide bonds. The summed E-state index contributed by atoms with van der Waals surface area (Å²) in [6, 6.07) is 0. The van der Waals surface area contributed by atoms with Crippen molar-refractivity contribution >= 4 is 5.97 Å². The van der Waals surface area contributed by atoms with Gasteiger partial charge in [-0.2, -0.15) is 0 Å². The van der Waals surface area contributed by atoms with E-state index in [0.29, 0.717) is 29.1 Å². The second kappa shape index (κ2) is 7.58. The fourth-order valence-corrected chi connectivity index (χ4v) is 6.41. The molecule has 0 unspecified atom stereocenters. The molecule has 2 aliphatic carbocycles. The molecule has 0 aromatic carbocycles. The molecule has 0 spiro atoms. The van der Waals surface area contributed by atoms with Crippen LogP contribution in [0.1, 0.15) is 86.0 Å². The van der Waals surface area contributed by atoms with Gasteiger partial charge in [-0.25, -0.2) is 0 Å². The highest BCUT2D eigenvalue weighted by atomic mass is 16.5. The van der Waals surface area contributed by atoms with Crippen LogP contribution in [0.2, 0.25) is 0 Å². The van der Waals surface area contributed by atoms with Crippen molar-refractivity contribution in [1.82, 2.24) is 0 Å². The summed E-state index contributed by atoms with van der Waals surface area (Å²) in [6.45, 7) is 12.0. The van der Waals surface area contributed by atoms with Crippen molar-refractivity contribution in [3.8, 4) is 0 Å². The summed E-state index contributed by atoms with van der Waals surface area (Å²) in [5, 5.41) is 0. The average Bonchev–Trinajstić information content (AvgIpc) is 2.53. The van der Waals surface area contributed by atoms with Gasteiger partial charge >= 0.3 is 5.97 Å². The van der Waals surface area contributed by atoms with Crippen LogP contribution in [0.15, 0.2) is 0 Å². The van der Waals surface area contributed by atoms with Crippen LogP contribution in [-0.4, -0.2) is 25.8 Å². The Hall–Kier alpha value is -0.570. The van der Waals surface area contributed by atoms with Gasteiger partial charge in [-0.05, 0) is 74.0 Å². The Morgan fingerprint density at radius 1 is 1.12 bits per heavy atom. The van der Waals surface area contributed by atoms with Gasteiger partial charge in [0, 0.05) is 13.5 Å². The molecule has 0 aromatic heterocycles. The quantitative estimate of drug-likeness (QED) is 0.583. The predicted octanol–water partition coefficient (Wildman–Crippen LogP) is 5.61. The normalized spacial score (nSPS) is 38.7. The first-order chi connectivity index (χ1) is 11.6. The van der Waals surface area contributed by atoms with Crippen molar-refractivity contribution in [2.45, 2.75) is 91.6 Å². The Bertz CT molecular complexity index is 472. The summed E-state index contributed by atoms with van der Waals surface area (Å²) in [6.07, 6.45) is 9.17. The molecule has 0 aromatic rings. The molecule has 0 bridgehead atoms. The summed E-state index contributed by atoms with van der Waals surface area (Å²) < 4.78 is 11.0. The highest BCUT2D eigenvalue weighted by Gasteiger charge is 2.58. The fraction of sp³-hybridized carbons (Fsp3) is 0.955. The van der Waals surface area contributed by atoms with Crippen molar-refractivity contribution in [2.24, 2.45) is 28.6 Å². The van der Waals surface area contributed by atoms with E-state index in [1.54, 1.807) is 0 Å². The third-order valence-corrected chi connectivity index (χ3v) is 7.90. The van der Waals surface area contributed by atoms with Crippen LogP contribution in [0.25, 0.3) is 0 Å². The van der Waals surface area contributed by atoms with Crippen molar-refractivity contribution in [3.63, 3.8) is 0 Å². The van der Waals surface area contributed by atoms with Crippen LogP contribution in [-0.2, 0) is 14.3 Å². The van der Waals surface area contributed by atoms with E-state index >= 15 is 0 Å². The number of rotatable bonds is 6. The Balaban J connectivity index is 2.18. The lowest BCUT2D eigenvalue weighted by Gasteiger charge is -2.62. The molecule has 0 heterocycles. The Morgan fingerprint density at radius 3 is 2.40 bits per heavy atom. The third-order valence-electron chi connectivity index (χ3n) is 7.90. The van der Waals surface area contributed by atoms with Crippen LogP contribution in [0.5, 0.6) is 0 Å². The number of esters is 1. The van der Waals surface area contributed by atoms with Gasteiger partial charge in [0.25, 0.3) is 0 Å². The summed E-state index contributed by atoms with van der Waals surface area (Å²) in [7, 11) is 3.37. The zero-order valence-electron chi connectivity index (χ0n) is 17.6. The van der Waals surface area contributed by atoms with Gasteiger partial charge in [0.1, 0.15) is 0 Å². The molecule has 3 heteroatoms. The minimum atomic E-state index is -0.0893. The van der Waals surface area contributed by atoms with E-state index in [0.717, 1.165) is 25.2 Å².